The standard InChI is InChI=1S/C11H19N3OS2/c1-7-8(2)17-10(5-16-7)9(15)4-11-12-6-13-14(11)3/h6-10,15H,4-5H2,1-3H3. The zero-order chi connectivity index (χ0) is 12.4. The lowest BCUT2D eigenvalue weighted by atomic mass is 10.2. The van der Waals surface area contributed by atoms with E-state index in [4.69, 9.17) is 0 Å². The smallest absolute Gasteiger partial charge is 0.138 e. The first-order chi connectivity index (χ1) is 8.08. The number of aryl methyl sites for hydroxylation is 1. The Bertz CT molecular complexity index is 371. The number of rotatable bonds is 3. The molecule has 0 aromatic carbocycles. The molecule has 4 nitrogen and oxygen atoms in total. The Balaban J connectivity index is 1.92. The first-order valence-electron chi connectivity index (χ1n) is 5.86. The van der Waals surface area contributed by atoms with Crippen molar-refractivity contribution in [1.29, 1.82) is 0 Å². The third-order valence-electron chi connectivity index (χ3n) is 3.20. The number of hydrogen-bond acceptors (Lipinski definition) is 5. The second-order valence-electron chi connectivity index (χ2n) is 4.49. The molecule has 4 unspecified atom stereocenters. The molecule has 1 aromatic heterocycles. The zero-order valence-corrected chi connectivity index (χ0v) is 12.0. The van der Waals surface area contributed by atoms with Gasteiger partial charge >= 0.3 is 0 Å². The average Bonchev–Trinajstić information content (AvgIpc) is 2.68. The van der Waals surface area contributed by atoms with E-state index in [0.29, 0.717) is 22.2 Å². The van der Waals surface area contributed by atoms with Gasteiger partial charge in [0.1, 0.15) is 12.2 Å². The highest BCUT2D eigenvalue weighted by Gasteiger charge is 2.30. The summed E-state index contributed by atoms with van der Waals surface area (Å²) in [6.07, 6.45) is 1.80. The van der Waals surface area contributed by atoms with Gasteiger partial charge in [0.15, 0.2) is 0 Å². The van der Waals surface area contributed by atoms with Gasteiger partial charge in [0, 0.05) is 35.0 Å². The minimum absolute atomic E-state index is 0.308. The van der Waals surface area contributed by atoms with Gasteiger partial charge in [-0.05, 0) is 0 Å². The average molecular weight is 273 g/mol. The lowest BCUT2D eigenvalue weighted by Gasteiger charge is -2.33. The third-order valence-corrected chi connectivity index (χ3v) is 6.74. The fourth-order valence-corrected chi connectivity index (χ4v) is 4.85. The van der Waals surface area contributed by atoms with Gasteiger partial charge in [0.05, 0.1) is 6.10 Å². The Kier molecular flexibility index (Phi) is 4.38. The molecule has 0 aliphatic carbocycles. The molecular weight excluding hydrogens is 254 g/mol. The van der Waals surface area contributed by atoms with Crippen LogP contribution < -0.4 is 0 Å². The fraction of sp³-hybridized carbons (Fsp3) is 0.818. The van der Waals surface area contributed by atoms with Gasteiger partial charge in [-0.3, -0.25) is 4.68 Å². The summed E-state index contributed by atoms with van der Waals surface area (Å²) in [5.41, 5.74) is 0. The van der Waals surface area contributed by atoms with Crippen LogP contribution in [-0.4, -0.2) is 47.5 Å². The van der Waals surface area contributed by atoms with E-state index in [0.717, 1.165) is 11.6 Å². The molecule has 2 rings (SSSR count). The summed E-state index contributed by atoms with van der Waals surface area (Å²) in [7, 11) is 1.86. The Morgan fingerprint density at radius 3 is 2.88 bits per heavy atom. The van der Waals surface area contributed by atoms with Crippen LogP contribution >= 0.6 is 23.5 Å². The van der Waals surface area contributed by atoms with Crippen molar-refractivity contribution in [1.82, 2.24) is 14.8 Å². The van der Waals surface area contributed by atoms with E-state index < -0.39 is 0 Å². The molecule has 0 radical (unpaired) electrons. The van der Waals surface area contributed by atoms with Crippen molar-refractivity contribution in [3.8, 4) is 0 Å². The van der Waals surface area contributed by atoms with Gasteiger partial charge in [-0.2, -0.15) is 28.6 Å². The second-order valence-corrected chi connectivity index (χ2v) is 7.52. The van der Waals surface area contributed by atoms with Gasteiger partial charge in [-0.1, -0.05) is 13.8 Å². The van der Waals surface area contributed by atoms with Gasteiger partial charge < -0.3 is 5.11 Å². The SMILES string of the molecule is CC1SCC(C(O)Cc2ncnn2C)SC1C. The molecule has 1 aromatic rings. The third kappa shape index (κ3) is 3.17. The van der Waals surface area contributed by atoms with E-state index in [9.17, 15) is 5.11 Å². The molecule has 0 bridgehead atoms. The van der Waals surface area contributed by atoms with Crippen LogP contribution in [0.1, 0.15) is 19.7 Å². The van der Waals surface area contributed by atoms with Crippen molar-refractivity contribution in [2.75, 3.05) is 5.75 Å². The minimum Gasteiger partial charge on any atom is -0.391 e. The lowest BCUT2D eigenvalue weighted by Crippen LogP contribution is -2.36. The van der Waals surface area contributed by atoms with Crippen LogP contribution in [0.15, 0.2) is 6.33 Å². The second kappa shape index (κ2) is 5.63. The Labute approximate surface area is 111 Å². The van der Waals surface area contributed by atoms with Crippen LogP contribution in [-0.2, 0) is 13.5 Å². The first-order valence-corrected chi connectivity index (χ1v) is 7.85. The number of aliphatic hydroxyl groups is 1. The van der Waals surface area contributed by atoms with E-state index in [1.807, 2.05) is 30.6 Å². The molecule has 6 heteroatoms. The van der Waals surface area contributed by atoms with Crippen molar-refractivity contribution < 1.29 is 5.11 Å². The van der Waals surface area contributed by atoms with Gasteiger partial charge in [0.25, 0.3) is 0 Å². The van der Waals surface area contributed by atoms with Gasteiger partial charge in [0.2, 0.25) is 0 Å². The Hall–Kier alpha value is -0.200. The quantitative estimate of drug-likeness (QED) is 0.901. The predicted molar refractivity (Wildman–Crippen MR) is 73.5 cm³/mol. The molecule has 17 heavy (non-hydrogen) atoms. The number of hydrogen-bond donors (Lipinski definition) is 1. The predicted octanol–water partition coefficient (Wildman–Crippen LogP) is 1.34. The van der Waals surface area contributed by atoms with Crippen molar-refractivity contribution in [3.63, 3.8) is 0 Å². The maximum absolute atomic E-state index is 10.3. The summed E-state index contributed by atoms with van der Waals surface area (Å²) in [4.78, 5) is 4.16. The summed E-state index contributed by atoms with van der Waals surface area (Å²) >= 11 is 3.86. The topological polar surface area (TPSA) is 50.9 Å². The number of thioether (sulfide) groups is 2. The molecular formula is C11H19N3OS2. The van der Waals surface area contributed by atoms with Crippen LogP contribution in [0.4, 0.5) is 0 Å². The number of nitrogens with zero attached hydrogens (tertiary/aromatic N) is 3. The molecule has 0 saturated carbocycles. The molecule has 0 amide bonds. The zero-order valence-electron chi connectivity index (χ0n) is 10.4. The number of aliphatic hydroxyl groups excluding tert-OH is 1. The maximum Gasteiger partial charge on any atom is 0.138 e. The summed E-state index contributed by atoms with van der Waals surface area (Å²) in [6.45, 7) is 4.50. The van der Waals surface area contributed by atoms with Crippen LogP contribution in [0.3, 0.4) is 0 Å². The number of aromatic nitrogens is 3. The van der Waals surface area contributed by atoms with Crippen LogP contribution in [0.5, 0.6) is 0 Å². The van der Waals surface area contributed by atoms with Crippen LogP contribution in [0.25, 0.3) is 0 Å². The fourth-order valence-electron chi connectivity index (χ4n) is 1.83. The highest BCUT2D eigenvalue weighted by atomic mass is 32.2. The van der Waals surface area contributed by atoms with Crippen molar-refractivity contribution in [2.45, 2.75) is 42.1 Å². The van der Waals surface area contributed by atoms with Gasteiger partial charge in [-0.25, -0.2) is 4.98 Å². The molecule has 1 fully saturated rings. The van der Waals surface area contributed by atoms with E-state index >= 15 is 0 Å². The summed E-state index contributed by atoms with van der Waals surface area (Å²) in [5.74, 6) is 1.88. The van der Waals surface area contributed by atoms with E-state index in [1.54, 1.807) is 4.68 Å². The molecule has 1 aliphatic heterocycles. The molecule has 0 spiro atoms. The molecule has 1 saturated heterocycles. The van der Waals surface area contributed by atoms with Crippen LogP contribution in [0.2, 0.25) is 0 Å². The van der Waals surface area contributed by atoms with Crippen LogP contribution in [0, 0.1) is 0 Å². The summed E-state index contributed by atoms with van der Waals surface area (Å²) in [5, 5.41) is 15.9. The summed E-state index contributed by atoms with van der Waals surface area (Å²) < 4.78 is 1.73. The van der Waals surface area contributed by atoms with E-state index in [2.05, 4.69) is 23.9 Å². The minimum atomic E-state index is -0.328. The molecule has 4 atom stereocenters. The Morgan fingerprint density at radius 1 is 1.53 bits per heavy atom. The molecule has 96 valence electrons. The molecule has 1 N–H and O–H groups in total. The lowest BCUT2D eigenvalue weighted by molar-refractivity contribution is 0.173. The highest BCUT2D eigenvalue weighted by molar-refractivity contribution is 8.07. The summed E-state index contributed by atoms with van der Waals surface area (Å²) in [6, 6.07) is 0. The molecule has 2 heterocycles. The van der Waals surface area contributed by atoms with Crippen molar-refractivity contribution in [2.24, 2.45) is 7.05 Å². The molecule has 1 aliphatic rings. The first kappa shape index (κ1) is 13.2. The largest absolute Gasteiger partial charge is 0.391 e. The monoisotopic (exact) mass is 273 g/mol. The normalized spacial score (nSPS) is 31.4. The van der Waals surface area contributed by atoms with E-state index in [-0.39, 0.29) is 6.10 Å². The van der Waals surface area contributed by atoms with E-state index in [1.165, 1.54) is 6.33 Å². The highest BCUT2D eigenvalue weighted by Crippen LogP contribution is 2.37. The Morgan fingerprint density at radius 2 is 2.29 bits per heavy atom. The van der Waals surface area contributed by atoms with Crippen molar-refractivity contribution >= 4 is 23.5 Å². The van der Waals surface area contributed by atoms with Crippen molar-refractivity contribution in [3.05, 3.63) is 12.2 Å². The maximum atomic E-state index is 10.3. The van der Waals surface area contributed by atoms with Gasteiger partial charge in [-0.15, -0.1) is 0 Å².